The molecule has 186 valence electrons. The molecular weight excluding hydrogens is 456 g/mol. The fourth-order valence-electron chi connectivity index (χ4n) is 5.60. The molecule has 1 heterocycles. The van der Waals surface area contributed by atoms with E-state index in [2.05, 4.69) is 80.6 Å². The van der Waals surface area contributed by atoms with Gasteiger partial charge in [-0.05, 0) is 70.4 Å². The van der Waals surface area contributed by atoms with Crippen molar-refractivity contribution in [3.63, 3.8) is 0 Å². The van der Waals surface area contributed by atoms with Gasteiger partial charge in [-0.2, -0.15) is 4.58 Å². The van der Waals surface area contributed by atoms with E-state index in [-0.39, 0.29) is 17.3 Å². The first-order valence-corrected chi connectivity index (χ1v) is 13.4. The molecule has 2 aromatic carbocycles. The minimum atomic E-state index is -0.146. The van der Waals surface area contributed by atoms with Crippen LogP contribution in [0.1, 0.15) is 70.9 Å². The van der Waals surface area contributed by atoms with Gasteiger partial charge in [0.25, 0.3) is 0 Å². The molecular formula is C30H38ClN2O2+. The molecule has 2 aromatic rings. The molecule has 0 spiro atoms. The second kappa shape index (κ2) is 10.6. The monoisotopic (exact) mass is 493 g/mol. The van der Waals surface area contributed by atoms with Crippen molar-refractivity contribution in [2.24, 2.45) is 5.92 Å². The van der Waals surface area contributed by atoms with Crippen LogP contribution < -0.4 is 9.64 Å². The zero-order chi connectivity index (χ0) is 25.2. The summed E-state index contributed by atoms with van der Waals surface area (Å²) in [5.74, 6) is 0.560. The predicted molar refractivity (Wildman–Crippen MR) is 147 cm³/mol. The summed E-state index contributed by atoms with van der Waals surface area (Å²) in [5.41, 5.74) is 5.49. The van der Waals surface area contributed by atoms with E-state index in [1.165, 1.54) is 17.0 Å². The number of nitrogens with zero attached hydrogens (tertiary/aromatic N) is 2. The van der Waals surface area contributed by atoms with Crippen LogP contribution >= 0.6 is 11.6 Å². The number of halogens is 1. The SMILES string of the molecule is CCN(CC)c1ccc(/C=C/C2=[N+](C)c3ccc(Cl)cc3C2(C)CC)c(OC(=O)C2CCCC2)c1. The lowest BCUT2D eigenvalue weighted by atomic mass is 9.77. The third-order valence-corrected chi connectivity index (χ3v) is 8.23. The maximum absolute atomic E-state index is 12.9. The zero-order valence-corrected chi connectivity index (χ0v) is 22.5. The van der Waals surface area contributed by atoms with Gasteiger partial charge < -0.3 is 9.64 Å². The van der Waals surface area contributed by atoms with Crippen molar-refractivity contribution in [3.05, 3.63) is 58.6 Å². The first-order chi connectivity index (χ1) is 16.8. The van der Waals surface area contributed by atoms with E-state index in [1.54, 1.807) is 0 Å². The average molecular weight is 494 g/mol. The van der Waals surface area contributed by atoms with Gasteiger partial charge in [-0.1, -0.05) is 31.4 Å². The lowest BCUT2D eigenvalue weighted by Gasteiger charge is -2.22. The van der Waals surface area contributed by atoms with Crippen molar-refractivity contribution >= 4 is 40.7 Å². The van der Waals surface area contributed by atoms with Crippen LogP contribution in [0.2, 0.25) is 5.02 Å². The lowest BCUT2D eigenvalue weighted by molar-refractivity contribution is -0.401. The van der Waals surface area contributed by atoms with Gasteiger partial charge in [0.05, 0.1) is 11.3 Å². The van der Waals surface area contributed by atoms with Crippen LogP contribution in [0.4, 0.5) is 11.4 Å². The van der Waals surface area contributed by atoms with Crippen LogP contribution in [-0.4, -0.2) is 36.4 Å². The third kappa shape index (κ3) is 4.91. The van der Waals surface area contributed by atoms with Crippen LogP contribution in [0, 0.1) is 5.92 Å². The molecule has 0 saturated heterocycles. The molecule has 1 saturated carbocycles. The summed E-state index contributed by atoms with van der Waals surface area (Å²) in [6.45, 7) is 10.6. The Labute approximate surface area is 215 Å². The highest BCUT2D eigenvalue weighted by atomic mass is 35.5. The van der Waals surface area contributed by atoms with Crippen LogP contribution in [-0.2, 0) is 10.2 Å². The molecule has 0 aromatic heterocycles. The topological polar surface area (TPSA) is 32.5 Å². The summed E-state index contributed by atoms with van der Waals surface area (Å²) in [5, 5.41) is 0.759. The number of ether oxygens (including phenoxy) is 1. The molecule has 2 aliphatic rings. The van der Waals surface area contributed by atoms with Crippen molar-refractivity contribution in [1.29, 1.82) is 0 Å². The highest BCUT2D eigenvalue weighted by molar-refractivity contribution is 6.30. The van der Waals surface area contributed by atoms with E-state index in [0.29, 0.717) is 5.75 Å². The maximum atomic E-state index is 12.9. The highest BCUT2D eigenvalue weighted by Crippen LogP contribution is 2.43. The number of carbonyl (C=O) groups is 1. The molecule has 1 unspecified atom stereocenters. The number of esters is 1. The molecule has 0 bridgehead atoms. The van der Waals surface area contributed by atoms with Gasteiger partial charge in [0.15, 0.2) is 5.71 Å². The van der Waals surface area contributed by atoms with Gasteiger partial charge in [0, 0.05) is 53.1 Å². The number of carbonyl (C=O) groups excluding carboxylic acids is 1. The number of fused-ring (bicyclic) bond motifs is 1. The number of rotatable bonds is 8. The van der Waals surface area contributed by atoms with E-state index in [9.17, 15) is 4.79 Å². The Morgan fingerprint density at radius 3 is 2.49 bits per heavy atom. The summed E-state index contributed by atoms with van der Waals surface area (Å²) in [6, 6.07) is 12.4. The first kappa shape index (κ1) is 25.5. The Hall–Kier alpha value is -2.59. The van der Waals surface area contributed by atoms with Gasteiger partial charge >= 0.3 is 5.97 Å². The van der Waals surface area contributed by atoms with Gasteiger partial charge in [0.1, 0.15) is 12.8 Å². The second-order valence-electron chi connectivity index (χ2n) is 9.92. The van der Waals surface area contributed by atoms with Gasteiger partial charge in [-0.25, -0.2) is 0 Å². The fourth-order valence-corrected chi connectivity index (χ4v) is 5.78. The molecule has 1 aliphatic heterocycles. The molecule has 35 heavy (non-hydrogen) atoms. The quantitative estimate of drug-likeness (QED) is 0.218. The normalized spacial score (nSPS) is 20.1. The molecule has 0 N–H and O–H groups in total. The smallest absolute Gasteiger partial charge is 0.314 e. The van der Waals surface area contributed by atoms with Gasteiger partial charge in [0.2, 0.25) is 5.69 Å². The Bertz CT molecular complexity index is 1160. The lowest BCUT2D eigenvalue weighted by Crippen LogP contribution is -2.29. The Morgan fingerprint density at radius 2 is 1.83 bits per heavy atom. The summed E-state index contributed by atoms with van der Waals surface area (Å²) < 4.78 is 8.30. The zero-order valence-electron chi connectivity index (χ0n) is 21.7. The summed E-state index contributed by atoms with van der Waals surface area (Å²) in [4.78, 5) is 15.2. The fraction of sp³-hybridized carbons (Fsp3) is 0.467. The van der Waals surface area contributed by atoms with Crippen molar-refractivity contribution in [1.82, 2.24) is 0 Å². The molecule has 0 radical (unpaired) electrons. The number of anilines is 1. The number of allylic oxidation sites excluding steroid dienone is 1. The summed E-state index contributed by atoms with van der Waals surface area (Å²) >= 11 is 6.36. The molecule has 1 aliphatic carbocycles. The minimum Gasteiger partial charge on any atom is -0.426 e. The maximum Gasteiger partial charge on any atom is 0.314 e. The summed E-state index contributed by atoms with van der Waals surface area (Å²) in [6.07, 6.45) is 9.30. The molecule has 1 atom stereocenters. The summed E-state index contributed by atoms with van der Waals surface area (Å²) in [7, 11) is 2.11. The number of hydrogen-bond donors (Lipinski definition) is 0. The number of hydrogen-bond acceptors (Lipinski definition) is 3. The van der Waals surface area contributed by atoms with Crippen LogP contribution in [0.5, 0.6) is 5.75 Å². The molecule has 0 amide bonds. The Morgan fingerprint density at radius 1 is 1.11 bits per heavy atom. The van der Waals surface area contributed by atoms with E-state index < -0.39 is 0 Å². The standard InChI is InChI=1S/C30H38ClN2O2/c1-6-30(4)25-19-23(31)15-17-26(25)32(5)28(30)18-14-21-13-16-24(33(7-2)8-3)20-27(21)35-29(34)22-11-9-10-12-22/h13-20,22H,6-12H2,1-5H3/q+1. The van der Waals surface area contributed by atoms with Crippen molar-refractivity contribution < 1.29 is 14.1 Å². The molecule has 5 heteroatoms. The van der Waals surface area contributed by atoms with Gasteiger partial charge in [-0.3, -0.25) is 4.79 Å². The van der Waals surface area contributed by atoms with Crippen molar-refractivity contribution in [2.45, 2.75) is 65.2 Å². The van der Waals surface area contributed by atoms with Crippen molar-refractivity contribution in [3.8, 4) is 5.75 Å². The van der Waals surface area contributed by atoms with E-state index in [4.69, 9.17) is 16.3 Å². The van der Waals surface area contributed by atoms with Crippen molar-refractivity contribution in [2.75, 3.05) is 25.0 Å². The van der Waals surface area contributed by atoms with Crippen LogP contribution in [0.15, 0.2) is 42.5 Å². The minimum absolute atomic E-state index is 0.0157. The second-order valence-corrected chi connectivity index (χ2v) is 10.4. The van der Waals surface area contributed by atoms with E-state index in [1.807, 2.05) is 12.1 Å². The average Bonchev–Trinajstić information content (AvgIpc) is 3.46. The number of benzene rings is 2. The Balaban J connectivity index is 1.71. The third-order valence-electron chi connectivity index (χ3n) is 7.99. The predicted octanol–water partition coefficient (Wildman–Crippen LogP) is 7.39. The Kier molecular flexibility index (Phi) is 7.70. The largest absolute Gasteiger partial charge is 0.426 e. The molecule has 4 nitrogen and oxygen atoms in total. The van der Waals surface area contributed by atoms with Gasteiger partial charge in [-0.15, -0.1) is 0 Å². The van der Waals surface area contributed by atoms with Crippen LogP contribution in [0.3, 0.4) is 0 Å². The first-order valence-electron chi connectivity index (χ1n) is 13.0. The van der Waals surface area contributed by atoms with E-state index in [0.717, 1.165) is 61.5 Å². The molecule has 4 rings (SSSR count). The highest BCUT2D eigenvalue weighted by Gasteiger charge is 2.45. The van der Waals surface area contributed by atoms with Crippen LogP contribution in [0.25, 0.3) is 6.08 Å². The van der Waals surface area contributed by atoms with E-state index >= 15 is 0 Å². The molecule has 1 fully saturated rings.